The first-order valence-corrected chi connectivity index (χ1v) is 8.15. The number of unbranched alkanes of at least 4 members (excludes halogenated alkanes) is 1. The Labute approximate surface area is 118 Å². The van der Waals surface area contributed by atoms with E-state index in [9.17, 15) is 8.42 Å². The molecule has 0 aliphatic rings. The van der Waals surface area contributed by atoms with E-state index < -0.39 is 10.0 Å². The lowest BCUT2D eigenvalue weighted by Gasteiger charge is -2.04. The Hall–Kier alpha value is -1.26. The van der Waals surface area contributed by atoms with E-state index in [0.29, 0.717) is 10.8 Å². The molecule has 2 aromatic rings. The van der Waals surface area contributed by atoms with E-state index in [1.165, 1.54) is 3.97 Å². The second-order valence-electron chi connectivity index (χ2n) is 4.31. The van der Waals surface area contributed by atoms with Gasteiger partial charge in [0.1, 0.15) is 0 Å². The summed E-state index contributed by atoms with van der Waals surface area (Å²) in [5.74, 6) is 0.642. The molecule has 0 amide bonds. The number of benzene rings is 1. The van der Waals surface area contributed by atoms with Crippen LogP contribution < -0.4 is 0 Å². The third-order valence-electron chi connectivity index (χ3n) is 2.90. The van der Waals surface area contributed by atoms with Crippen molar-refractivity contribution >= 4 is 21.6 Å². The standard InChI is InChI=1S/C14H16ClNO2S/c15-10-5-4-6-13-9-11-16(12-13)19(17,18)14-7-2-1-3-8-14/h1-3,7-9,11-12H,4-6,10H2. The smallest absolute Gasteiger partial charge is 0.249 e. The predicted molar refractivity (Wildman–Crippen MR) is 77.1 cm³/mol. The maximum absolute atomic E-state index is 12.3. The summed E-state index contributed by atoms with van der Waals surface area (Å²) in [5, 5.41) is 0. The summed E-state index contributed by atoms with van der Waals surface area (Å²) in [7, 11) is -3.46. The summed E-state index contributed by atoms with van der Waals surface area (Å²) in [6.07, 6.45) is 6.04. The highest BCUT2D eigenvalue weighted by molar-refractivity contribution is 7.90. The molecule has 0 saturated carbocycles. The summed E-state index contributed by atoms with van der Waals surface area (Å²) in [5.41, 5.74) is 1.02. The lowest BCUT2D eigenvalue weighted by Crippen LogP contribution is -2.10. The number of nitrogens with zero attached hydrogens (tertiary/aromatic N) is 1. The van der Waals surface area contributed by atoms with Crippen molar-refractivity contribution in [3.63, 3.8) is 0 Å². The molecule has 0 unspecified atom stereocenters. The van der Waals surface area contributed by atoms with E-state index >= 15 is 0 Å². The van der Waals surface area contributed by atoms with Gasteiger partial charge in [0.25, 0.3) is 10.0 Å². The number of alkyl halides is 1. The van der Waals surface area contributed by atoms with Crippen molar-refractivity contribution in [3.05, 3.63) is 54.4 Å². The lowest BCUT2D eigenvalue weighted by atomic mass is 10.2. The van der Waals surface area contributed by atoms with Crippen LogP contribution >= 0.6 is 11.6 Å². The van der Waals surface area contributed by atoms with E-state index in [-0.39, 0.29) is 0 Å². The molecule has 0 aliphatic carbocycles. The number of hydrogen-bond donors (Lipinski definition) is 0. The highest BCUT2D eigenvalue weighted by Crippen LogP contribution is 2.15. The molecule has 1 aromatic heterocycles. The van der Waals surface area contributed by atoms with Gasteiger partial charge in [0.2, 0.25) is 0 Å². The van der Waals surface area contributed by atoms with Crippen LogP contribution in [0.25, 0.3) is 0 Å². The molecule has 0 aliphatic heterocycles. The molecule has 102 valence electrons. The molecule has 0 saturated heterocycles. The van der Waals surface area contributed by atoms with E-state index in [2.05, 4.69) is 0 Å². The van der Waals surface area contributed by atoms with Gasteiger partial charge in [-0.2, -0.15) is 0 Å². The minimum Gasteiger partial charge on any atom is -0.249 e. The van der Waals surface area contributed by atoms with Gasteiger partial charge in [0.15, 0.2) is 0 Å². The molecule has 0 radical (unpaired) electrons. The van der Waals surface area contributed by atoms with E-state index in [4.69, 9.17) is 11.6 Å². The Morgan fingerprint density at radius 3 is 2.47 bits per heavy atom. The zero-order valence-electron chi connectivity index (χ0n) is 10.5. The molecular weight excluding hydrogens is 282 g/mol. The van der Waals surface area contributed by atoms with Crippen LogP contribution in [0.3, 0.4) is 0 Å². The summed E-state index contributed by atoms with van der Waals surface area (Å²) in [4.78, 5) is 0.304. The van der Waals surface area contributed by atoms with Crippen LogP contribution in [0.5, 0.6) is 0 Å². The van der Waals surface area contributed by atoms with Gasteiger partial charge in [-0.05, 0) is 43.0 Å². The monoisotopic (exact) mass is 297 g/mol. The normalized spacial score (nSPS) is 11.6. The topological polar surface area (TPSA) is 39.1 Å². The molecule has 1 heterocycles. The van der Waals surface area contributed by atoms with Crippen molar-refractivity contribution in [2.75, 3.05) is 5.88 Å². The maximum Gasteiger partial charge on any atom is 0.267 e. The molecule has 0 N–H and O–H groups in total. The van der Waals surface area contributed by atoms with Gasteiger partial charge in [0.05, 0.1) is 4.90 Å². The minimum atomic E-state index is -3.46. The van der Waals surface area contributed by atoms with Crippen LogP contribution in [0.15, 0.2) is 53.7 Å². The Morgan fingerprint density at radius 1 is 1.05 bits per heavy atom. The summed E-state index contributed by atoms with van der Waals surface area (Å²) in [6, 6.07) is 10.3. The number of aryl methyl sites for hydroxylation is 1. The zero-order valence-corrected chi connectivity index (χ0v) is 12.1. The number of halogens is 1. The van der Waals surface area contributed by atoms with Gasteiger partial charge < -0.3 is 0 Å². The molecule has 2 rings (SSSR count). The lowest BCUT2D eigenvalue weighted by molar-refractivity contribution is 0.587. The fraction of sp³-hybridized carbons (Fsp3) is 0.286. The highest BCUT2D eigenvalue weighted by Gasteiger charge is 2.15. The maximum atomic E-state index is 12.3. The number of hydrogen-bond acceptors (Lipinski definition) is 2. The van der Waals surface area contributed by atoms with Crippen LogP contribution in [-0.2, 0) is 16.4 Å². The van der Waals surface area contributed by atoms with Gasteiger partial charge in [-0.15, -0.1) is 11.6 Å². The van der Waals surface area contributed by atoms with Crippen molar-refractivity contribution in [2.24, 2.45) is 0 Å². The third-order valence-corrected chi connectivity index (χ3v) is 4.81. The van der Waals surface area contributed by atoms with Gasteiger partial charge >= 0.3 is 0 Å². The molecule has 0 fully saturated rings. The first-order valence-electron chi connectivity index (χ1n) is 6.18. The SMILES string of the molecule is O=S(=O)(c1ccccc1)n1ccc(CCCCCl)c1. The van der Waals surface area contributed by atoms with Crippen LogP contribution in [0.1, 0.15) is 18.4 Å². The molecule has 0 atom stereocenters. The Balaban J connectivity index is 2.18. The van der Waals surface area contributed by atoms with Crippen LogP contribution in [-0.4, -0.2) is 18.3 Å². The predicted octanol–water partition coefficient (Wildman–Crippen LogP) is 3.29. The van der Waals surface area contributed by atoms with Crippen LogP contribution in [0.4, 0.5) is 0 Å². The molecule has 0 bridgehead atoms. The Bertz CT molecular complexity index is 620. The molecule has 5 heteroatoms. The van der Waals surface area contributed by atoms with Crippen LogP contribution in [0, 0.1) is 0 Å². The van der Waals surface area contributed by atoms with E-state index in [1.807, 2.05) is 6.07 Å². The van der Waals surface area contributed by atoms with Gasteiger partial charge in [-0.3, -0.25) is 0 Å². The van der Waals surface area contributed by atoms with Gasteiger partial charge in [-0.25, -0.2) is 12.4 Å². The minimum absolute atomic E-state index is 0.304. The summed E-state index contributed by atoms with van der Waals surface area (Å²) in [6.45, 7) is 0. The fourth-order valence-electron chi connectivity index (χ4n) is 1.85. The van der Waals surface area contributed by atoms with E-state index in [0.717, 1.165) is 24.8 Å². The quantitative estimate of drug-likeness (QED) is 0.606. The van der Waals surface area contributed by atoms with Crippen LogP contribution in [0.2, 0.25) is 0 Å². The van der Waals surface area contributed by atoms with E-state index in [1.54, 1.807) is 42.7 Å². The summed E-state index contributed by atoms with van der Waals surface area (Å²) < 4.78 is 25.9. The van der Waals surface area contributed by atoms with Gasteiger partial charge in [-0.1, -0.05) is 18.2 Å². The fourth-order valence-corrected chi connectivity index (χ4v) is 3.28. The van der Waals surface area contributed by atoms with Gasteiger partial charge in [0, 0.05) is 18.3 Å². The molecule has 0 spiro atoms. The molecular formula is C14H16ClNO2S. The molecule has 19 heavy (non-hydrogen) atoms. The zero-order chi connectivity index (χ0) is 13.7. The largest absolute Gasteiger partial charge is 0.267 e. The van der Waals surface area contributed by atoms with Crippen molar-refractivity contribution in [1.82, 2.24) is 3.97 Å². The number of rotatable bonds is 6. The summed E-state index contributed by atoms with van der Waals surface area (Å²) >= 11 is 5.62. The van der Waals surface area contributed by atoms with Crippen molar-refractivity contribution < 1.29 is 8.42 Å². The molecule has 1 aromatic carbocycles. The van der Waals surface area contributed by atoms with Crippen molar-refractivity contribution in [2.45, 2.75) is 24.2 Å². The Morgan fingerprint density at radius 2 is 1.79 bits per heavy atom. The number of aromatic nitrogens is 1. The third kappa shape index (κ3) is 3.39. The Kier molecular flexibility index (Phi) is 4.66. The average Bonchev–Trinajstić information content (AvgIpc) is 2.90. The average molecular weight is 298 g/mol. The first kappa shape index (κ1) is 14.2. The highest BCUT2D eigenvalue weighted by atomic mass is 35.5. The second kappa shape index (κ2) is 6.26. The van der Waals surface area contributed by atoms with Crippen molar-refractivity contribution in [3.8, 4) is 0 Å². The first-order chi connectivity index (χ1) is 9.14. The molecule has 3 nitrogen and oxygen atoms in total. The second-order valence-corrected chi connectivity index (χ2v) is 6.53. The van der Waals surface area contributed by atoms with Crippen molar-refractivity contribution in [1.29, 1.82) is 0 Å².